The van der Waals surface area contributed by atoms with Crippen molar-refractivity contribution in [2.24, 2.45) is 0 Å². The van der Waals surface area contributed by atoms with Crippen molar-refractivity contribution in [3.8, 4) is 17.0 Å². The Labute approximate surface area is 207 Å². The molecule has 7 rings (SSSR count). The van der Waals surface area contributed by atoms with Crippen molar-refractivity contribution in [1.29, 1.82) is 0 Å². The number of benzene rings is 1. The zero-order valence-corrected chi connectivity index (χ0v) is 20.9. The molecule has 2 bridgehead atoms. The summed E-state index contributed by atoms with van der Waals surface area (Å²) in [5.41, 5.74) is 1.66. The second-order valence-electron chi connectivity index (χ2n) is 9.91. The molecule has 9 heteroatoms. The number of hydrogen-bond acceptors (Lipinski definition) is 7. The molecule has 8 nitrogen and oxygen atoms in total. The Kier molecular flexibility index (Phi) is 5.40. The summed E-state index contributed by atoms with van der Waals surface area (Å²) >= 11 is 1.55. The number of H-pyrrole nitrogens is 1. The lowest BCUT2D eigenvalue weighted by Gasteiger charge is -2.52. The van der Waals surface area contributed by atoms with E-state index in [1.807, 2.05) is 36.6 Å². The van der Waals surface area contributed by atoms with Crippen LogP contribution in [-0.2, 0) is 12.0 Å². The number of nitrogens with one attached hydrogen (secondary N) is 1. The molecule has 0 amide bonds. The van der Waals surface area contributed by atoms with E-state index in [0.29, 0.717) is 16.9 Å². The van der Waals surface area contributed by atoms with Crippen LogP contribution in [0.25, 0.3) is 11.2 Å². The Morgan fingerprint density at radius 2 is 1.94 bits per heavy atom. The average Bonchev–Trinajstić information content (AvgIpc) is 3.49. The smallest absolute Gasteiger partial charge is 0.304 e. The quantitative estimate of drug-likeness (QED) is 0.366. The van der Waals surface area contributed by atoms with E-state index in [4.69, 9.17) is 14.5 Å². The van der Waals surface area contributed by atoms with Crippen LogP contribution in [-0.4, -0.2) is 30.1 Å². The number of rotatable bonds is 7. The van der Waals surface area contributed by atoms with Crippen LogP contribution in [0.2, 0.25) is 0 Å². The van der Waals surface area contributed by atoms with Crippen LogP contribution in [0.1, 0.15) is 63.3 Å². The van der Waals surface area contributed by atoms with Crippen molar-refractivity contribution in [3.05, 3.63) is 57.6 Å². The molecule has 4 aromatic rings. The van der Waals surface area contributed by atoms with Gasteiger partial charge in [-0.05, 0) is 69.6 Å². The molecule has 182 valence electrons. The molecule has 0 unspecified atom stereocenters. The Morgan fingerprint density at radius 1 is 1.14 bits per heavy atom. The van der Waals surface area contributed by atoms with E-state index in [1.165, 1.54) is 0 Å². The molecular weight excluding hydrogens is 462 g/mol. The van der Waals surface area contributed by atoms with Crippen LogP contribution >= 0.6 is 11.3 Å². The molecule has 0 radical (unpaired) electrons. The molecule has 0 spiro atoms. The first-order chi connectivity index (χ1) is 17.0. The Bertz CT molecular complexity index is 1400. The minimum atomic E-state index is -0.214. The summed E-state index contributed by atoms with van der Waals surface area (Å²) in [7, 11) is 0. The first-order valence-corrected chi connectivity index (χ1v) is 13.2. The van der Waals surface area contributed by atoms with Crippen molar-refractivity contribution in [3.63, 3.8) is 0 Å². The highest BCUT2D eigenvalue weighted by atomic mass is 32.1. The predicted molar refractivity (Wildman–Crippen MR) is 135 cm³/mol. The van der Waals surface area contributed by atoms with E-state index < -0.39 is 0 Å². The average molecular weight is 492 g/mol. The Hall–Kier alpha value is -3.20. The van der Waals surface area contributed by atoms with Crippen LogP contribution in [0.4, 0.5) is 0 Å². The number of thiazole rings is 1. The summed E-state index contributed by atoms with van der Waals surface area (Å²) in [4.78, 5) is 30.0. The van der Waals surface area contributed by atoms with E-state index in [9.17, 15) is 4.79 Å². The Morgan fingerprint density at radius 3 is 2.63 bits per heavy atom. The molecule has 0 saturated heterocycles. The van der Waals surface area contributed by atoms with Gasteiger partial charge in [-0.15, -0.1) is 0 Å². The molecule has 3 aromatic heterocycles. The summed E-state index contributed by atoms with van der Waals surface area (Å²) in [6.45, 7) is 4.85. The maximum absolute atomic E-state index is 13.2. The van der Waals surface area contributed by atoms with Gasteiger partial charge in [-0.25, -0.2) is 9.97 Å². The van der Waals surface area contributed by atoms with Crippen LogP contribution in [0.5, 0.6) is 17.0 Å². The van der Waals surface area contributed by atoms with Gasteiger partial charge >= 0.3 is 6.01 Å². The molecule has 35 heavy (non-hydrogen) atoms. The van der Waals surface area contributed by atoms with Gasteiger partial charge in [0.25, 0.3) is 10.8 Å². The van der Waals surface area contributed by atoms with Crippen molar-refractivity contribution in [2.75, 3.05) is 0 Å². The van der Waals surface area contributed by atoms with Crippen molar-refractivity contribution < 1.29 is 9.47 Å². The number of aromatic nitrogens is 5. The fourth-order valence-corrected chi connectivity index (χ4v) is 6.38. The topological polar surface area (TPSA) is 94.9 Å². The summed E-state index contributed by atoms with van der Waals surface area (Å²) in [5, 5.41) is 2.71. The fraction of sp³-hybridized carbons (Fsp3) is 0.462. The van der Waals surface area contributed by atoms with Gasteiger partial charge in [-0.1, -0.05) is 30.4 Å². The van der Waals surface area contributed by atoms with Crippen LogP contribution in [0.15, 0.2) is 40.6 Å². The molecule has 1 aromatic carbocycles. The van der Waals surface area contributed by atoms with Crippen molar-refractivity contribution in [2.45, 2.75) is 76.4 Å². The van der Waals surface area contributed by atoms with E-state index in [0.717, 1.165) is 68.1 Å². The van der Waals surface area contributed by atoms with Gasteiger partial charge in [-0.3, -0.25) is 9.78 Å². The lowest BCUT2D eigenvalue weighted by Crippen LogP contribution is -2.52. The van der Waals surface area contributed by atoms with Crippen LogP contribution in [0, 0.1) is 6.92 Å². The summed E-state index contributed by atoms with van der Waals surface area (Å²) in [6.07, 6.45) is 8.55. The van der Waals surface area contributed by atoms with E-state index in [-0.39, 0.29) is 22.6 Å². The zero-order chi connectivity index (χ0) is 24.0. The molecule has 3 saturated carbocycles. The number of ether oxygens (including phenoxy) is 2. The lowest BCUT2D eigenvalue weighted by molar-refractivity contribution is -0.0485. The molecule has 3 aliphatic rings. The van der Waals surface area contributed by atoms with Gasteiger partial charge in [0.15, 0.2) is 11.2 Å². The number of fused-ring (bicyclic) bond motifs is 4. The van der Waals surface area contributed by atoms with Gasteiger partial charge < -0.3 is 14.0 Å². The molecule has 0 atom stereocenters. The van der Waals surface area contributed by atoms with Crippen molar-refractivity contribution >= 4 is 22.5 Å². The third-order valence-corrected chi connectivity index (χ3v) is 8.26. The molecule has 3 heterocycles. The largest absolute Gasteiger partial charge is 0.463 e. The van der Waals surface area contributed by atoms with Gasteiger partial charge in [-0.2, -0.15) is 4.98 Å². The van der Waals surface area contributed by atoms with Gasteiger partial charge in [0.05, 0.1) is 0 Å². The molecule has 1 N–H and O–H groups in total. The van der Waals surface area contributed by atoms with E-state index >= 15 is 0 Å². The number of aryl methyl sites for hydroxylation is 2. The summed E-state index contributed by atoms with van der Waals surface area (Å²) < 4.78 is 14.4. The number of hydrogen-bond donors (Lipinski definition) is 1. The van der Waals surface area contributed by atoms with Crippen LogP contribution < -0.4 is 15.0 Å². The second-order valence-corrected chi connectivity index (χ2v) is 10.8. The van der Waals surface area contributed by atoms with Crippen molar-refractivity contribution in [1.82, 2.24) is 24.5 Å². The normalized spacial score (nSPS) is 23.6. The minimum Gasteiger partial charge on any atom is -0.463 e. The maximum atomic E-state index is 13.2. The first-order valence-electron chi connectivity index (χ1n) is 12.3. The first kappa shape index (κ1) is 22.3. The van der Waals surface area contributed by atoms with Gasteiger partial charge in [0.2, 0.25) is 0 Å². The molecular formula is C26H29N5O3S. The molecule has 3 fully saturated rings. The van der Waals surface area contributed by atoms with Crippen LogP contribution in [0.3, 0.4) is 0 Å². The standard InChI is InChI=1S/C26H29N5O3S/c1-3-14-31-19-20(29-23(30-21(19)32)33-18-6-4-5-17(2)16-18)28-22(31)25-7-10-26(11-8-25,12-9-25)34-24-27-13-15-35-24/h4-6,13,15-16H,3,7-12,14H2,1-2H3,(H,29,30,32). The fourth-order valence-electron chi connectivity index (χ4n) is 5.79. The van der Waals surface area contributed by atoms with E-state index in [2.05, 4.69) is 26.4 Å². The summed E-state index contributed by atoms with van der Waals surface area (Å²) in [6, 6.07) is 7.84. The van der Waals surface area contributed by atoms with Gasteiger partial charge in [0.1, 0.15) is 17.2 Å². The Balaban J connectivity index is 1.34. The predicted octanol–water partition coefficient (Wildman–Crippen LogP) is 5.51. The third kappa shape index (κ3) is 3.91. The van der Waals surface area contributed by atoms with Gasteiger partial charge in [0, 0.05) is 23.5 Å². The highest BCUT2D eigenvalue weighted by molar-refractivity contribution is 7.11. The van der Waals surface area contributed by atoms with E-state index in [1.54, 1.807) is 17.5 Å². The monoisotopic (exact) mass is 491 g/mol. The SMILES string of the molecule is CCCn1c(C23CCC(Oc4nccs4)(CC2)CC3)nc2nc(Oc3cccc(C)c3)[nH]c(=O)c21. The number of nitrogens with zero attached hydrogens (tertiary/aromatic N) is 4. The molecule has 0 aliphatic heterocycles. The number of imidazole rings is 1. The zero-order valence-electron chi connectivity index (χ0n) is 20.0. The minimum absolute atomic E-state index is 0.0616. The maximum Gasteiger partial charge on any atom is 0.304 e. The lowest BCUT2D eigenvalue weighted by atomic mass is 9.58. The highest BCUT2D eigenvalue weighted by Gasteiger charge is 2.53. The summed E-state index contributed by atoms with van der Waals surface area (Å²) in [5.74, 6) is 1.62. The highest BCUT2D eigenvalue weighted by Crippen LogP contribution is 2.55. The second kappa shape index (κ2) is 8.48. The number of aromatic amines is 1. The third-order valence-electron chi connectivity index (χ3n) is 7.61. The molecule has 3 aliphatic carbocycles.